The molecule has 1 N–H and O–H groups in total. The minimum atomic E-state index is -0.832. The standard InChI is InChI=1S/C29H36O5/c1-4-33-29-15-21-22-23(27(29)28(21,3)30)26(34-29)25(32-17-20-13-9-6-10-14-20)18(2)24(22)31-16-19-11-7-5-8-12-19/h5-14,18,21-27,30H,4,15-17H2,1-3H3/t18-,21-,22+,23-,24-,25-,26-,27+,28+,29-/m1/s1. The summed E-state index contributed by atoms with van der Waals surface area (Å²) < 4.78 is 26.4. The molecule has 4 fully saturated rings. The number of aliphatic hydroxyl groups is 1. The summed E-state index contributed by atoms with van der Waals surface area (Å²) >= 11 is 0. The Morgan fingerprint density at radius 3 is 2.09 bits per heavy atom. The van der Waals surface area contributed by atoms with Crippen molar-refractivity contribution in [3.8, 4) is 0 Å². The highest BCUT2D eigenvalue weighted by molar-refractivity contribution is 5.26. The van der Waals surface area contributed by atoms with Crippen LogP contribution >= 0.6 is 0 Å². The van der Waals surface area contributed by atoms with E-state index in [1.165, 1.54) is 5.56 Å². The maximum Gasteiger partial charge on any atom is 0.175 e. The van der Waals surface area contributed by atoms with Crippen LogP contribution in [0.5, 0.6) is 0 Å². The smallest absolute Gasteiger partial charge is 0.175 e. The zero-order valence-electron chi connectivity index (χ0n) is 20.3. The highest BCUT2D eigenvalue weighted by Crippen LogP contribution is 2.72. The Hall–Kier alpha value is -1.76. The first-order chi connectivity index (χ1) is 16.5. The fourth-order valence-corrected chi connectivity index (χ4v) is 7.89. The number of rotatable bonds is 8. The van der Waals surface area contributed by atoms with Gasteiger partial charge in [0.25, 0.3) is 0 Å². The van der Waals surface area contributed by atoms with Crippen LogP contribution in [0.4, 0.5) is 0 Å². The molecule has 0 amide bonds. The molecule has 1 saturated heterocycles. The van der Waals surface area contributed by atoms with Gasteiger partial charge in [-0.1, -0.05) is 67.6 Å². The van der Waals surface area contributed by atoms with E-state index in [1.807, 2.05) is 50.2 Å². The molecule has 3 saturated carbocycles. The van der Waals surface area contributed by atoms with Gasteiger partial charge >= 0.3 is 0 Å². The molecule has 1 aliphatic heterocycles. The molecule has 0 radical (unpaired) electrons. The largest absolute Gasteiger partial charge is 0.389 e. The average Bonchev–Trinajstić information content (AvgIpc) is 3.33. The first-order valence-electron chi connectivity index (χ1n) is 12.8. The Labute approximate surface area is 202 Å². The van der Waals surface area contributed by atoms with E-state index >= 15 is 0 Å². The molecule has 4 aliphatic rings. The van der Waals surface area contributed by atoms with E-state index in [1.54, 1.807) is 0 Å². The zero-order valence-corrected chi connectivity index (χ0v) is 20.3. The molecule has 10 atom stereocenters. The normalized spacial score (nSPS) is 44.0. The summed E-state index contributed by atoms with van der Waals surface area (Å²) in [5.74, 6) is -0.145. The van der Waals surface area contributed by atoms with Crippen LogP contribution in [-0.4, -0.2) is 41.4 Å². The summed E-state index contributed by atoms with van der Waals surface area (Å²) in [6.45, 7) is 7.90. The number of hydrogen-bond donors (Lipinski definition) is 1. The maximum atomic E-state index is 11.7. The molecule has 6 rings (SSSR count). The van der Waals surface area contributed by atoms with Gasteiger partial charge in [0.05, 0.1) is 37.1 Å². The van der Waals surface area contributed by atoms with Crippen LogP contribution in [0.2, 0.25) is 0 Å². The molecule has 2 bridgehead atoms. The van der Waals surface area contributed by atoms with Gasteiger partial charge < -0.3 is 24.1 Å². The van der Waals surface area contributed by atoms with Gasteiger partial charge in [0.2, 0.25) is 0 Å². The minimum Gasteiger partial charge on any atom is -0.389 e. The van der Waals surface area contributed by atoms with Crippen molar-refractivity contribution in [1.29, 1.82) is 0 Å². The molecule has 2 aromatic rings. The molecule has 5 nitrogen and oxygen atoms in total. The van der Waals surface area contributed by atoms with Crippen LogP contribution in [-0.2, 0) is 32.2 Å². The highest BCUT2D eigenvalue weighted by atomic mass is 16.7. The number of hydrogen-bond acceptors (Lipinski definition) is 5. The van der Waals surface area contributed by atoms with E-state index in [-0.39, 0.29) is 47.9 Å². The Kier molecular flexibility index (Phi) is 5.62. The topological polar surface area (TPSA) is 57.2 Å². The zero-order chi connectivity index (χ0) is 23.5. The molecule has 0 unspecified atom stereocenters. The second-order valence-corrected chi connectivity index (χ2v) is 10.9. The number of benzene rings is 2. The van der Waals surface area contributed by atoms with Gasteiger partial charge in [0.15, 0.2) is 5.79 Å². The van der Waals surface area contributed by atoms with Crippen molar-refractivity contribution in [2.45, 2.75) is 70.1 Å². The van der Waals surface area contributed by atoms with Crippen molar-refractivity contribution in [2.24, 2.45) is 29.6 Å². The van der Waals surface area contributed by atoms with Crippen LogP contribution in [0, 0.1) is 29.6 Å². The predicted octanol–water partition coefficient (Wildman–Crippen LogP) is 4.57. The Balaban J connectivity index is 1.33. The Morgan fingerprint density at radius 2 is 1.50 bits per heavy atom. The lowest BCUT2D eigenvalue weighted by Gasteiger charge is -2.47. The van der Waals surface area contributed by atoms with Crippen LogP contribution in [0.25, 0.3) is 0 Å². The first kappa shape index (κ1) is 22.7. The molecular weight excluding hydrogens is 428 g/mol. The van der Waals surface area contributed by atoms with Crippen molar-refractivity contribution in [1.82, 2.24) is 0 Å². The van der Waals surface area contributed by atoms with Crippen molar-refractivity contribution < 1.29 is 24.1 Å². The predicted molar refractivity (Wildman–Crippen MR) is 128 cm³/mol. The summed E-state index contributed by atoms with van der Waals surface area (Å²) in [6, 6.07) is 20.6. The fraction of sp³-hybridized carbons (Fsp3) is 0.586. The van der Waals surface area contributed by atoms with Crippen LogP contribution in [0.1, 0.15) is 38.3 Å². The molecule has 0 spiro atoms. The third-order valence-corrected chi connectivity index (χ3v) is 9.07. The minimum absolute atomic E-state index is 0.00923. The molecule has 3 aliphatic carbocycles. The number of fused-ring (bicyclic) bond motifs is 2. The van der Waals surface area contributed by atoms with E-state index in [9.17, 15) is 5.11 Å². The van der Waals surface area contributed by atoms with Crippen molar-refractivity contribution >= 4 is 0 Å². The third kappa shape index (κ3) is 3.32. The summed E-state index contributed by atoms with van der Waals surface area (Å²) in [4.78, 5) is 0. The van der Waals surface area contributed by atoms with E-state index in [4.69, 9.17) is 18.9 Å². The van der Waals surface area contributed by atoms with Crippen molar-refractivity contribution in [3.05, 3.63) is 71.8 Å². The van der Waals surface area contributed by atoms with Gasteiger partial charge in [-0.3, -0.25) is 0 Å². The highest BCUT2D eigenvalue weighted by Gasteiger charge is 2.81. The maximum absolute atomic E-state index is 11.7. The molecule has 1 heterocycles. The molecule has 0 aromatic heterocycles. The molecular formula is C29H36O5. The SMILES string of the molecule is CCO[C@]12C[C@@H]3[C@@H]4[C@H](OCc5ccccc5)[C@@H](C)[C@@H](OCc5ccccc5)[C@H](O1)[C@@H]4[C@H]2[C@@]3(C)O. The van der Waals surface area contributed by atoms with E-state index in [0.29, 0.717) is 19.8 Å². The monoisotopic (exact) mass is 464 g/mol. The van der Waals surface area contributed by atoms with Crippen molar-refractivity contribution in [3.63, 3.8) is 0 Å². The van der Waals surface area contributed by atoms with E-state index in [0.717, 1.165) is 12.0 Å². The van der Waals surface area contributed by atoms with Gasteiger partial charge in [-0.15, -0.1) is 0 Å². The lowest BCUT2D eigenvalue weighted by Crippen LogP contribution is -2.55. The molecule has 2 aromatic carbocycles. The Bertz CT molecular complexity index is 994. The fourth-order valence-electron chi connectivity index (χ4n) is 7.89. The second kappa shape index (κ2) is 8.42. The lowest BCUT2D eigenvalue weighted by atomic mass is 9.64. The summed E-state index contributed by atoms with van der Waals surface area (Å²) in [5, 5.41) is 11.7. The third-order valence-electron chi connectivity index (χ3n) is 9.07. The van der Waals surface area contributed by atoms with Gasteiger partial charge in [0.1, 0.15) is 0 Å². The first-order valence-corrected chi connectivity index (χ1v) is 12.8. The Morgan fingerprint density at radius 1 is 0.912 bits per heavy atom. The van der Waals surface area contributed by atoms with Gasteiger partial charge in [-0.25, -0.2) is 0 Å². The summed E-state index contributed by atoms with van der Waals surface area (Å²) in [5.41, 5.74) is 1.48. The van der Waals surface area contributed by atoms with E-state index in [2.05, 4.69) is 31.2 Å². The molecule has 182 valence electrons. The summed E-state index contributed by atoms with van der Waals surface area (Å²) in [7, 11) is 0. The van der Waals surface area contributed by atoms with Crippen LogP contribution < -0.4 is 0 Å². The van der Waals surface area contributed by atoms with Gasteiger partial charge in [-0.05, 0) is 36.8 Å². The van der Waals surface area contributed by atoms with Gasteiger partial charge in [-0.2, -0.15) is 0 Å². The lowest BCUT2D eigenvalue weighted by molar-refractivity contribution is -0.258. The average molecular weight is 465 g/mol. The number of ether oxygens (including phenoxy) is 4. The van der Waals surface area contributed by atoms with Crippen LogP contribution in [0.15, 0.2) is 60.7 Å². The van der Waals surface area contributed by atoms with E-state index < -0.39 is 11.4 Å². The van der Waals surface area contributed by atoms with Gasteiger partial charge in [0, 0.05) is 30.8 Å². The van der Waals surface area contributed by atoms with Crippen molar-refractivity contribution in [2.75, 3.05) is 6.61 Å². The second-order valence-electron chi connectivity index (χ2n) is 10.9. The molecule has 5 heteroatoms. The van der Waals surface area contributed by atoms with Crippen LogP contribution in [0.3, 0.4) is 0 Å². The summed E-state index contributed by atoms with van der Waals surface area (Å²) in [6.07, 6.45) is 0.486. The molecule has 34 heavy (non-hydrogen) atoms. The quantitative estimate of drug-likeness (QED) is 0.620.